The summed E-state index contributed by atoms with van der Waals surface area (Å²) in [6, 6.07) is 7.30. The number of esters is 1. The van der Waals surface area contributed by atoms with Gasteiger partial charge in [-0.2, -0.15) is 0 Å². The molecular weight excluding hydrogens is 286 g/mol. The Hall–Kier alpha value is -2.24. The fourth-order valence-electron chi connectivity index (χ4n) is 1.58. The number of alkyl carbamates (subject to hydrolysis) is 1. The van der Waals surface area contributed by atoms with E-state index in [4.69, 9.17) is 9.47 Å². The summed E-state index contributed by atoms with van der Waals surface area (Å²) in [6.45, 7) is 5.83. The van der Waals surface area contributed by atoms with Crippen LogP contribution in [0.25, 0.3) is 0 Å². The van der Waals surface area contributed by atoms with Gasteiger partial charge in [-0.3, -0.25) is 0 Å². The summed E-state index contributed by atoms with van der Waals surface area (Å²) in [4.78, 5) is 22.4. The summed E-state index contributed by atoms with van der Waals surface area (Å²) in [5.74, 6) is 0.167. The SMILES string of the molecule is COC(=O)COc1ccc(CCNC(=O)OC(C)(C)C)cc1. The van der Waals surface area contributed by atoms with Gasteiger partial charge in [-0.25, -0.2) is 9.59 Å². The molecule has 0 saturated carbocycles. The van der Waals surface area contributed by atoms with Crippen molar-refractivity contribution in [1.82, 2.24) is 5.32 Å². The Morgan fingerprint density at radius 2 is 1.77 bits per heavy atom. The molecule has 1 amide bonds. The van der Waals surface area contributed by atoms with Gasteiger partial charge in [0.2, 0.25) is 0 Å². The van der Waals surface area contributed by atoms with Crippen LogP contribution >= 0.6 is 0 Å². The quantitative estimate of drug-likeness (QED) is 0.816. The van der Waals surface area contributed by atoms with Crippen LogP contribution in [-0.2, 0) is 20.7 Å². The van der Waals surface area contributed by atoms with Crippen LogP contribution in [-0.4, -0.2) is 37.9 Å². The standard InChI is InChI=1S/C16H23NO5/c1-16(2,3)22-15(19)17-10-9-12-5-7-13(8-6-12)21-11-14(18)20-4/h5-8H,9-11H2,1-4H3,(H,17,19). The van der Waals surface area contributed by atoms with Gasteiger partial charge < -0.3 is 19.5 Å². The Bertz CT molecular complexity index is 490. The Morgan fingerprint density at radius 1 is 1.14 bits per heavy atom. The molecule has 0 aliphatic rings. The predicted molar refractivity (Wildman–Crippen MR) is 81.9 cm³/mol. The van der Waals surface area contributed by atoms with Crippen molar-refractivity contribution in [1.29, 1.82) is 0 Å². The normalized spacial score (nSPS) is 10.7. The number of ether oxygens (including phenoxy) is 3. The number of amides is 1. The fourth-order valence-corrected chi connectivity index (χ4v) is 1.58. The summed E-state index contributed by atoms with van der Waals surface area (Å²) in [6.07, 6.45) is 0.252. The van der Waals surface area contributed by atoms with Crippen molar-refractivity contribution >= 4 is 12.1 Å². The molecule has 6 heteroatoms. The van der Waals surface area contributed by atoms with Crippen LogP contribution in [0.4, 0.5) is 4.79 Å². The molecule has 0 heterocycles. The van der Waals surface area contributed by atoms with Gasteiger partial charge in [-0.15, -0.1) is 0 Å². The number of rotatable bonds is 6. The van der Waals surface area contributed by atoms with Crippen LogP contribution in [0.1, 0.15) is 26.3 Å². The van der Waals surface area contributed by atoms with Gasteiger partial charge in [0.05, 0.1) is 7.11 Å². The van der Waals surface area contributed by atoms with Crippen LogP contribution in [0.15, 0.2) is 24.3 Å². The zero-order valence-corrected chi connectivity index (χ0v) is 13.5. The minimum absolute atomic E-state index is 0.115. The van der Waals surface area contributed by atoms with Crippen molar-refractivity contribution in [3.8, 4) is 5.75 Å². The zero-order chi connectivity index (χ0) is 16.6. The molecule has 1 aromatic carbocycles. The van der Waals surface area contributed by atoms with Gasteiger partial charge in [-0.1, -0.05) is 12.1 Å². The molecule has 0 fully saturated rings. The maximum Gasteiger partial charge on any atom is 0.407 e. The largest absolute Gasteiger partial charge is 0.482 e. The lowest BCUT2D eigenvalue weighted by Gasteiger charge is -2.19. The molecule has 0 spiro atoms. The summed E-state index contributed by atoms with van der Waals surface area (Å²) in [7, 11) is 1.31. The first-order valence-corrected chi connectivity index (χ1v) is 7.05. The third kappa shape index (κ3) is 7.52. The fraction of sp³-hybridized carbons (Fsp3) is 0.500. The minimum atomic E-state index is -0.497. The number of hydrogen-bond acceptors (Lipinski definition) is 5. The molecule has 1 N–H and O–H groups in total. The minimum Gasteiger partial charge on any atom is -0.482 e. The molecule has 0 radical (unpaired) electrons. The van der Waals surface area contributed by atoms with E-state index in [2.05, 4.69) is 10.1 Å². The van der Waals surface area contributed by atoms with E-state index < -0.39 is 17.7 Å². The van der Waals surface area contributed by atoms with Gasteiger partial charge in [0.25, 0.3) is 0 Å². The number of nitrogens with one attached hydrogen (secondary N) is 1. The predicted octanol–water partition coefficient (Wildman–Crippen LogP) is 2.31. The topological polar surface area (TPSA) is 73.9 Å². The second-order valence-corrected chi connectivity index (χ2v) is 5.69. The zero-order valence-electron chi connectivity index (χ0n) is 13.5. The molecule has 6 nitrogen and oxygen atoms in total. The van der Waals surface area contributed by atoms with Crippen molar-refractivity contribution < 1.29 is 23.8 Å². The Labute approximate surface area is 130 Å². The Kier molecular flexibility index (Phi) is 6.69. The average Bonchev–Trinajstić information content (AvgIpc) is 2.44. The van der Waals surface area contributed by atoms with E-state index in [0.717, 1.165) is 5.56 Å². The van der Waals surface area contributed by atoms with Gasteiger partial charge in [-0.05, 0) is 44.9 Å². The lowest BCUT2D eigenvalue weighted by Crippen LogP contribution is -2.33. The van der Waals surface area contributed by atoms with Crippen LogP contribution in [0.3, 0.4) is 0 Å². The highest BCUT2D eigenvalue weighted by Crippen LogP contribution is 2.12. The molecule has 22 heavy (non-hydrogen) atoms. The van der Waals surface area contributed by atoms with Crippen molar-refractivity contribution in [3.05, 3.63) is 29.8 Å². The third-order valence-corrected chi connectivity index (χ3v) is 2.59. The molecule has 0 atom stereocenters. The van der Waals surface area contributed by atoms with Crippen LogP contribution in [0.5, 0.6) is 5.75 Å². The molecule has 0 saturated heterocycles. The van der Waals surface area contributed by atoms with Gasteiger partial charge in [0.15, 0.2) is 6.61 Å². The highest BCUT2D eigenvalue weighted by atomic mass is 16.6. The van der Waals surface area contributed by atoms with Gasteiger partial charge >= 0.3 is 12.1 Å². The summed E-state index contributed by atoms with van der Waals surface area (Å²) in [5.41, 5.74) is 0.546. The Balaban J connectivity index is 2.32. The maximum absolute atomic E-state index is 11.5. The van der Waals surface area contributed by atoms with Crippen molar-refractivity contribution in [3.63, 3.8) is 0 Å². The lowest BCUT2D eigenvalue weighted by atomic mass is 10.1. The van der Waals surface area contributed by atoms with Crippen LogP contribution in [0.2, 0.25) is 0 Å². The molecule has 122 valence electrons. The number of carbonyl (C=O) groups is 2. The average molecular weight is 309 g/mol. The monoisotopic (exact) mass is 309 g/mol. The first-order valence-electron chi connectivity index (χ1n) is 7.05. The first kappa shape index (κ1) is 17.8. The van der Waals surface area contributed by atoms with Crippen molar-refractivity contribution in [2.24, 2.45) is 0 Å². The molecule has 1 aromatic rings. The smallest absolute Gasteiger partial charge is 0.407 e. The number of benzene rings is 1. The van der Waals surface area contributed by atoms with Crippen molar-refractivity contribution in [2.75, 3.05) is 20.3 Å². The summed E-state index contributed by atoms with van der Waals surface area (Å²) in [5, 5.41) is 2.70. The van der Waals surface area contributed by atoms with Crippen LogP contribution in [0, 0.1) is 0 Å². The van der Waals surface area contributed by atoms with E-state index in [1.807, 2.05) is 32.9 Å². The maximum atomic E-state index is 11.5. The van der Waals surface area contributed by atoms with E-state index in [-0.39, 0.29) is 6.61 Å². The molecular formula is C16H23NO5. The molecule has 0 bridgehead atoms. The van der Waals surface area contributed by atoms with Crippen LogP contribution < -0.4 is 10.1 Å². The summed E-state index contributed by atoms with van der Waals surface area (Å²) < 4.78 is 14.9. The number of methoxy groups -OCH3 is 1. The number of hydrogen-bond donors (Lipinski definition) is 1. The van der Waals surface area contributed by atoms with E-state index >= 15 is 0 Å². The van der Waals surface area contributed by atoms with E-state index in [1.165, 1.54) is 7.11 Å². The second-order valence-electron chi connectivity index (χ2n) is 5.69. The molecule has 0 unspecified atom stereocenters. The summed E-state index contributed by atoms with van der Waals surface area (Å²) >= 11 is 0. The molecule has 1 rings (SSSR count). The molecule has 0 aromatic heterocycles. The van der Waals surface area contributed by atoms with Gasteiger partial charge in [0.1, 0.15) is 11.4 Å². The molecule has 0 aliphatic carbocycles. The third-order valence-electron chi connectivity index (χ3n) is 2.59. The van der Waals surface area contributed by atoms with E-state index in [1.54, 1.807) is 12.1 Å². The lowest BCUT2D eigenvalue weighted by molar-refractivity contribution is -0.142. The van der Waals surface area contributed by atoms with Crippen molar-refractivity contribution in [2.45, 2.75) is 32.8 Å². The molecule has 0 aliphatic heterocycles. The Morgan fingerprint density at radius 3 is 2.32 bits per heavy atom. The number of carbonyl (C=O) groups excluding carboxylic acids is 2. The highest BCUT2D eigenvalue weighted by molar-refractivity contribution is 5.70. The van der Waals surface area contributed by atoms with E-state index in [0.29, 0.717) is 18.7 Å². The highest BCUT2D eigenvalue weighted by Gasteiger charge is 2.15. The van der Waals surface area contributed by atoms with E-state index in [9.17, 15) is 9.59 Å². The second kappa shape index (κ2) is 8.26. The first-order chi connectivity index (χ1) is 10.3. The van der Waals surface area contributed by atoms with Gasteiger partial charge in [0, 0.05) is 6.54 Å².